The van der Waals surface area contributed by atoms with Crippen molar-refractivity contribution in [3.8, 4) is 0 Å². The number of rotatable bonds is 7. The van der Waals surface area contributed by atoms with Crippen LogP contribution in [0.25, 0.3) is 0 Å². The molecule has 1 saturated heterocycles. The van der Waals surface area contributed by atoms with Crippen molar-refractivity contribution in [3.63, 3.8) is 0 Å². The predicted octanol–water partition coefficient (Wildman–Crippen LogP) is 2.13. The molecule has 166 valence electrons. The zero-order valence-electron chi connectivity index (χ0n) is 18.0. The summed E-state index contributed by atoms with van der Waals surface area (Å²) in [7, 11) is 3.42. The van der Waals surface area contributed by atoms with Crippen molar-refractivity contribution in [1.29, 1.82) is 0 Å². The number of hydrogen-bond acceptors (Lipinski definition) is 4. The zero-order chi connectivity index (χ0) is 21.9. The van der Waals surface area contributed by atoms with E-state index in [1.165, 1.54) is 4.90 Å². The van der Waals surface area contributed by atoms with Crippen LogP contribution in [0.3, 0.4) is 0 Å². The Morgan fingerprint density at radius 2 is 1.97 bits per heavy atom. The molecule has 0 atom stereocenters. The number of amides is 2. The number of hydrogen-bond donors (Lipinski definition) is 2. The Labute approximate surface area is 183 Å². The Morgan fingerprint density at radius 1 is 1.27 bits per heavy atom. The van der Waals surface area contributed by atoms with Crippen LogP contribution in [0.5, 0.6) is 0 Å². The second-order valence-electron chi connectivity index (χ2n) is 7.33. The van der Waals surface area contributed by atoms with Crippen molar-refractivity contribution in [2.75, 3.05) is 46.9 Å². The Kier molecular flexibility index (Phi) is 9.73. The summed E-state index contributed by atoms with van der Waals surface area (Å²) in [5.41, 5.74) is 1.05. The number of likely N-dealkylation sites (tertiary alicyclic amines) is 1. The maximum atomic E-state index is 11.9. The molecule has 0 radical (unpaired) electrons. The van der Waals surface area contributed by atoms with E-state index in [0.717, 1.165) is 29.8 Å². The van der Waals surface area contributed by atoms with Crippen LogP contribution in [0.1, 0.15) is 25.3 Å². The monoisotopic (exact) mass is 437 g/mol. The number of likely N-dealkylation sites (N-methyl/N-ethyl adjacent to an activating group) is 1. The first-order chi connectivity index (χ1) is 14.4. The Hall–Kier alpha value is -2.48. The van der Waals surface area contributed by atoms with Gasteiger partial charge in [-0.05, 0) is 37.8 Å². The molecule has 1 aromatic carbocycles. The summed E-state index contributed by atoms with van der Waals surface area (Å²) in [5.74, 6) is 0.520. The number of carbonyl (C=O) groups excluding carboxylic acids is 2. The van der Waals surface area contributed by atoms with E-state index in [9.17, 15) is 9.59 Å². The van der Waals surface area contributed by atoms with Crippen LogP contribution < -0.4 is 10.6 Å². The molecule has 2 N–H and O–H groups in total. The van der Waals surface area contributed by atoms with Gasteiger partial charge in [-0.1, -0.05) is 29.8 Å². The van der Waals surface area contributed by atoms with Crippen LogP contribution in [0, 0.1) is 0 Å². The van der Waals surface area contributed by atoms with E-state index in [0.29, 0.717) is 32.2 Å². The average Bonchev–Trinajstić information content (AvgIpc) is 2.73. The normalized spacial score (nSPS) is 14.9. The van der Waals surface area contributed by atoms with Gasteiger partial charge in [0, 0.05) is 44.8 Å². The minimum atomic E-state index is -0.265. The van der Waals surface area contributed by atoms with Gasteiger partial charge < -0.3 is 25.2 Å². The number of ether oxygens (including phenoxy) is 1. The van der Waals surface area contributed by atoms with Gasteiger partial charge in [0.15, 0.2) is 5.96 Å². The second-order valence-corrected chi connectivity index (χ2v) is 7.73. The van der Waals surface area contributed by atoms with Crippen molar-refractivity contribution in [1.82, 2.24) is 20.4 Å². The maximum Gasteiger partial charge on any atom is 0.409 e. The Morgan fingerprint density at radius 3 is 2.60 bits per heavy atom. The summed E-state index contributed by atoms with van der Waals surface area (Å²) in [6.07, 6.45) is 2.04. The molecular weight excluding hydrogens is 406 g/mol. The Bertz CT molecular complexity index is 733. The highest BCUT2D eigenvalue weighted by Crippen LogP contribution is 2.15. The maximum absolute atomic E-state index is 11.9. The largest absolute Gasteiger partial charge is 0.450 e. The van der Waals surface area contributed by atoms with Crippen molar-refractivity contribution >= 4 is 29.6 Å². The summed E-state index contributed by atoms with van der Waals surface area (Å²) in [6.45, 7) is 4.13. The third kappa shape index (κ3) is 7.74. The highest BCUT2D eigenvalue weighted by molar-refractivity contribution is 6.31. The number of guanidine groups is 1. The van der Waals surface area contributed by atoms with Gasteiger partial charge in [0.05, 0.1) is 6.61 Å². The van der Waals surface area contributed by atoms with E-state index >= 15 is 0 Å². The highest BCUT2D eigenvalue weighted by atomic mass is 35.5. The van der Waals surface area contributed by atoms with Crippen LogP contribution >= 0.6 is 11.6 Å². The van der Waals surface area contributed by atoms with Gasteiger partial charge >= 0.3 is 6.09 Å². The van der Waals surface area contributed by atoms with Crippen LogP contribution in [0.2, 0.25) is 5.02 Å². The lowest BCUT2D eigenvalue weighted by molar-refractivity contribution is -0.127. The van der Waals surface area contributed by atoms with Gasteiger partial charge in [0.2, 0.25) is 5.91 Å². The number of benzene rings is 1. The molecule has 2 rings (SSSR count). The first kappa shape index (κ1) is 23.8. The average molecular weight is 438 g/mol. The third-order valence-corrected chi connectivity index (χ3v) is 5.25. The molecule has 0 spiro atoms. The van der Waals surface area contributed by atoms with Crippen molar-refractivity contribution in [3.05, 3.63) is 34.9 Å². The summed E-state index contributed by atoms with van der Waals surface area (Å²) >= 11 is 6.23. The lowest BCUT2D eigenvalue weighted by Crippen LogP contribution is -2.50. The van der Waals surface area contributed by atoms with Gasteiger partial charge in [-0.25, -0.2) is 9.79 Å². The van der Waals surface area contributed by atoms with Crippen LogP contribution in [0.4, 0.5) is 4.79 Å². The Balaban J connectivity index is 1.91. The number of nitrogens with one attached hydrogen (secondary N) is 2. The fourth-order valence-electron chi connectivity index (χ4n) is 3.07. The lowest BCUT2D eigenvalue weighted by Gasteiger charge is -2.32. The molecule has 2 amide bonds. The summed E-state index contributed by atoms with van der Waals surface area (Å²) in [5, 5.41) is 7.43. The topological polar surface area (TPSA) is 86.3 Å². The molecular formula is C21H32ClN5O3. The molecule has 0 aliphatic carbocycles. The third-order valence-electron chi connectivity index (χ3n) is 4.88. The first-order valence-electron chi connectivity index (χ1n) is 10.3. The van der Waals surface area contributed by atoms with Crippen LogP contribution in [0.15, 0.2) is 29.3 Å². The highest BCUT2D eigenvalue weighted by Gasteiger charge is 2.24. The number of nitrogens with zero attached hydrogens (tertiary/aromatic N) is 3. The van der Waals surface area contributed by atoms with Crippen molar-refractivity contribution < 1.29 is 14.3 Å². The molecule has 9 heteroatoms. The number of carbonyl (C=O) groups is 2. The minimum Gasteiger partial charge on any atom is -0.450 e. The van der Waals surface area contributed by atoms with E-state index in [1.54, 1.807) is 25.9 Å². The van der Waals surface area contributed by atoms with Crippen LogP contribution in [-0.4, -0.2) is 80.7 Å². The zero-order valence-corrected chi connectivity index (χ0v) is 18.7. The lowest BCUT2D eigenvalue weighted by atomic mass is 10.1. The standard InChI is InChI=1S/C21H32ClN5O3/c1-4-30-21(29)27-13-10-17(11-14-27)25-20(24-15-19(28)26(2)3)23-12-9-16-7-5-6-8-18(16)22/h5-8,17H,4,9-15H2,1-3H3,(H2,23,24,25). The molecule has 1 aliphatic rings. The van der Waals surface area contributed by atoms with Gasteiger partial charge in [-0.15, -0.1) is 0 Å². The van der Waals surface area contributed by atoms with Crippen molar-refractivity contribution in [2.45, 2.75) is 32.2 Å². The number of aliphatic imine (C=N–C) groups is 1. The van der Waals surface area contributed by atoms with Gasteiger partial charge in [0.25, 0.3) is 0 Å². The van der Waals surface area contributed by atoms with Crippen molar-refractivity contribution in [2.24, 2.45) is 4.99 Å². The minimum absolute atomic E-state index is 0.0656. The smallest absolute Gasteiger partial charge is 0.409 e. The molecule has 8 nitrogen and oxygen atoms in total. The van der Waals surface area contributed by atoms with E-state index in [2.05, 4.69) is 15.6 Å². The van der Waals surface area contributed by atoms with Crippen LogP contribution in [-0.2, 0) is 16.0 Å². The molecule has 1 aliphatic heterocycles. The molecule has 1 fully saturated rings. The quantitative estimate of drug-likeness (QED) is 0.504. The molecule has 1 heterocycles. The number of halogens is 1. The summed E-state index contributed by atoms with van der Waals surface area (Å²) in [4.78, 5) is 31.5. The first-order valence-corrected chi connectivity index (χ1v) is 10.7. The molecule has 0 aromatic heterocycles. The number of piperidine rings is 1. The van der Waals surface area contributed by atoms with E-state index in [1.807, 2.05) is 24.3 Å². The molecule has 0 bridgehead atoms. The predicted molar refractivity (Wildman–Crippen MR) is 119 cm³/mol. The van der Waals surface area contributed by atoms with Gasteiger partial charge in [0.1, 0.15) is 6.54 Å². The molecule has 0 saturated carbocycles. The van der Waals surface area contributed by atoms with E-state index in [4.69, 9.17) is 16.3 Å². The second kappa shape index (κ2) is 12.3. The fraction of sp³-hybridized carbons (Fsp3) is 0.571. The fourth-order valence-corrected chi connectivity index (χ4v) is 3.30. The molecule has 1 aromatic rings. The molecule has 0 unspecified atom stereocenters. The molecule has 30 heavy (non-hydrogen) atoms. The van der Waals surface area contributed by atoms with Gasteiger partial charge in [-0.2, -0.15) is 0 Å². The van der Waals surface area contributed by atoms with E-state index in [-0.39, 0.29) is 24.6 Å². The SMILES string of the molecule is CCOC(=O)N1CCC(NC(=NCC(=O)N(C)C)NCCc2ccccc2Cl)CC1. The van der Waals surface area contributed by atoms with Gasteiger partial charge in [-0.3, -0.25) is 4.79 Å². The summed E-state index contributed by atoms with van der Waals surface area (Å²) in [6, 6.07) is 7.90. The summed E-state index contributed by atoms with van der Waals surface area (Å²) < 4.78 is 5.07. The van der Waals surface area contributed by atoms with E-state index < -0.39 is 0 Å².